The molecule has 0 aliphatic carbocycles. The van der Waals surface area contributed by atoms with Crippen molar-refractivity contribution < 1.29 is 20.4 Å². The fraction of sp³-hybridized carbons (Fsp3) is 0.333. The molecule has 0 fully saturated rings. The number of phenols is 3. The molecule has 72 valence electrons. The summed E-state index contributed by atoms with van der Waals surface area (Å²) in [5, 5.41) is 36.9. The van der Waals surface area contributed by atoms with E-state index in [0.29, 0.717) is 5.56 Å². The molecule has 13 heavy (non-hydrogen) atoms. The van der Waals surface area contributed by atoms with E-state index >= 15 is 0 Å². The van der Waals surface area contributed by atoms with Gasteiger partial charge in [-0.05, 0) is 25.5 Å². The van der Waals surface area contributed by atoms with Gasteiger partial charge in [0, 0.05) is 5.56 Å². The molecule has 4 heteroatoms. The van der Waals surface area contributed by atoms with Gasteiger partial charge in [0.25, 0.3) is 0 Å². The maximum absolute atomic E-state index is 9.30. The molecule has 4 N–H and O–H groups in total. The van der Waals surface area contributed by atoms with E-state index in [1.807, 2.05) is 0 Å². The highest BCUT2D eigenvalue weighted by Gasteiger charge is 2.16. The monoisotopic (exact) mass is 184 g/mol. The van der Waals surface area contributed by atoms with E-state index in [-0.39, 0.29) is 11.3 Å². The molecule has 1 aromatic carbocycles. The van der Waals surface area contributed by atoms with Crippen molar-refractivity contribution in [2.24, 2.45) is 0 Å². The molecule has 0 aliphatic heterocycles. The van der Waals surface area contributed by atoms with Crippen LogP contribution in [0.5, 0.6) is 17.2 Å². The zero-order valence-electron chi connectivity index (χ0n) is 7.44. The molecule has 1 atom stereocenters. The third-order valence-electron chi connectivity index (χ3n) is 1.92. The van der Waals surface area contributed by atoms with E-state index in [2.05, 4.69) is 0 Å². The lowest BCUT2D eigenvalue weighted by Crippen LogP contribution is -1.93. The first-order valence-electron chi connectivity index (χ1n) is 3.87. The zero-order valence-corrected chi connectivity index (χ0v) is 7.44. The lowest BCUT2D eigenvalue weighted by atomic mass is 10.0. The predicted octanol–water partition coefficient (Wildman–Crippen LogP) is 1.17. The molecule has 1 rings (SSSR count). The molecular formula is C9H12O4. The van der Waals surface area contributed by atoms with Crippen molar-refractivity contribution in [3.63, 3.8) is 0 Å². The van der Waals surface area contributed by atoms with Gasteiger partial charge in [-0.15, -0.1) is 0 Å². The summed E-state index contributed by atoms with van der Waals surface area (Å²) >= 11 is 0. The smallest absolute Gasteiger partial charge is 0.200 e. The number of aliphatic hydroxyl groups excluding tert-OH is 1. The summed E-state index contributed by atoms with van der Waals surface area (Å²) in [7, 11) is 0. The van der Waals surface area contributed by atoms with E-state index in [1.165, 1.54) is 13.0 Å². The van der Waals surface area contributed by atoms with Crippen LogP contribution in [0.1, 0.15) is 24.2 Å². The fourth-order valence-corrected chi connectivity index (χ4v) is 1.12. The molecule has 1 aromatic rings. The Hall–Kier alpha value is -1.42. The summed E-state index contributed by atoms with van der Waals surface area (Å²) in [4.78, 5) is 0. The van der Waals surface area contributed by atoms with Gasteiger partial charge in [-0.25, -0.2) is 0 Å². The standard InChI is InChI=1S/C9H12O4/c1-4-3-6(5(2)10)8(12)9(13)7(4)11/h3,5,10-13H,1-2H3/t5-/m0/s1. The van der Waals surface area contributed by atoms with Crippen LogP contribution in [0, 0.1) is 6.92 Å². The highest BCUT2D eigenvalue weighted by Crippen LogP contribution is 2.41. The van der Waals surface area contributed by atoms with E-state index in [4.69, 9.17) is 0 Å². The molecule has 0 radical (unpaired) electrons. The highest BCUT2D eigenvalue weighted by molar-refractivity contribution is 5.57. The minimum absolute atomic E-state index is 0.202. The van der Waals surface area contributed by atoms with Gasteiger partial charge in [0.15, 0.2) is 11.5 Å². The Labute approximate surface area is 75.7 Å². The fourth-order valence-electron chi connectivity index (χ4n) is 1.12. The Morgan fingerprint density at radius 3 is 2.08 bits per heavy atom. The number of aliphatic hydroxyl groups is 1. The van der Waals surface area contributed by atoms with Gasteiger partial charge in [-0.3, -0.25) is 0 Å². The Balaban J connectivity index is 3.41. The second kappa shape index (κ2) is 3.14. The summed E-state index contributed by atoms with van der Waals surface area (Å²) in [5.41, 5.74) is 0.610. The third kappa shape index (κ3) is 1.53. The number of benzene rings is 1. The van der Waals surface area contributed by atoms with Crippen molar-refractivity contribution in [3.05, 3.63) is 17.2 Å². The van der Waals surface area contributed by atoms with Crippen LogP contribution in [-0.4, -0.2) is 20.4 Å². The van der Waals surface area contributed by atoms with Crippen LogP contribution in [-0.2, 0) is 0 Å². The molecule has 0 heterocycles. The van der Waals surface area contributed by atoms with Crippen LogP contribution in [0.2, 0.25) is 0 Å². The van der Waals surface area contributed by atoms with Crippen molar-refractivity contribution in [2.75, 3.05) is 0 Å². The van der Waals surface area contributed by atoms with Crippen LogP contribution >= 0.6 is 0 Å². The molecule has 0 aromatic heterocycles. The van der Waals surface area contributed by atoms with Crippen molar-refractivity contribution in [1.82, 2.24) is 0 Å². The van der Waals surface area contributed by atoms with Gasteiger partial charge < -0.3 is 20.4 Å². The van der Waals surface area contributed by atoms with E-state index < -0.39 is 17.6 Å². The maximum atomic E-state index is 9.30. The minimum atomic E-state index is -0.884. The number of hydrogen-bond acceptors (Lipinski definition) is 4. The summed E-state index contributed by atoms with van der Waals surface area (Å²) in [5.74, 6) is -1.42. The summed E-state index contributed by atoms with van der Waals surface area (Å²) in [6, 6.07) is 1.43. The molecule has 0 bridgehead atoms. The lowest BCUT2D eigenvalue weighted by Gasteiger charge is -2.11. The first-order valence-corrected chi connectivity index (χ1v) is 3.87. The Kier molecular flexibility index (Phi) is 2.34. The maximum Gasteiger partial charge on any atom is 0.200 e. The SMILES string of the molecule is Cc1cc([C@H](C)O)c(O)c(O)c1O. The summed E-state index contributed by atoms with van der Waals surface area (Å²) in [6.45, 7) is 3.03. The molecule has 0 aliphatic rings. The number of hydrogen-bond donors (Lipinski definition) is 4. The quantitative estimate of drug-likeness (QED) is 0.494. The molecule has 0 saturated heterocycles. The van der Waals surface area contributed by atoms with Crippen molar-refractivity contribution in [3.8, 4) is 17.2 Å². The summed E-state index contributed by atoms with van der Waals surface area (Å²) < 4.78 is 0. The Bertz CT molecular complexity index is 331. The average Bonchev–Trinajstić information content (AvgIpc) is 2.07. The first kappa shape index (κ1) is 9.67. The number of aryl methyl sites for hydroxylation is 1. The van der Waals surface area contributed by atoms with E-state index in [1.54, 1.807) is 6.92 Å². The van der Waals surface area contributed by atoms with Crippen LogP contribution < -0.4 is 0 Å². The third-order valence-corrected chi connectivity index (χ3v) is 1.92. The molecule has 0 saturated carbocycles. The largest absolute Gasteiger partial charge is 0.504 e. The molecular weight excluding hydrogens is 172 g/mol. The van der Waals surface area contributed by atoms with E-state index in [9.17, 15) is 20.4 Å². The molecule has 4 nitrogen and oxygen atoms in total. The number of phenolic OH excluding ortho intramolecular Hbond substituents is 3. The normalized spacial score (nSPS) is 12.8. The van der Waals surface area contributed by atoms with Crippen LogP contribution in [0.4, 0.5) is 0 Å². The minimum Gasteiger partial charge on any atom is -0.504 e. The number of rotatable bonds is 1. The van der Waals surface area contributed by atoms with Gasteiger partial charge in [0.05, 0.1) is 6.10 Å². The van der Waals surface area contributed by atoms with Gasteiger partial charge in [0.1, 0.15) is 0 Å². The number of aromatic hydroxyl groups is 3. The Morgan fingerprint density at radius 1 is 1.08 bits per heavy atom. The van der Waals surface area contributed by atoms with Crippen LogP contribution in [0.3, 0.4) is 0 Å². The van der Waals surface area contributed by atoms with Crippen LogP contribution in [0.15, 0.2) is 6.07 Å². The van der Waals surface area contributed by atoms with E-state index in [0.717, 1.165) is 0 Å². The molecule has 0 spiro atoms. The summed E-state index contributed by atoms with van der Waals surface area (Å²) in [6.07, 6.45) is -0.884. The van der Waals surface area contributed by atoms with Crippen LogP contribution in [0.25, 0.3) is 0 Å². The average molecular weight is 184 g/mol. The van der Waals surface area contributed by atoms with Gasteiger partial charge in [-0.1, -0.05) is 0 Å². The first-order chi connectivity index (χ1) is 5.95. The van der Waals surface area contributed by atoms with Crippen molar-refractivity contribution >= 4 is 0 Å². The second-order valence-electron chi connectivity index (χ2n) is 3.00. The molecule has 0 amide bonds. The van der Waals surface area contributed by atoms with Crippen molar-refractivity contribution in [1.29, 1.82) is 0 Å². The predicted molar refractivity (Wildman–Crippen MR) is 46.8 cm³/mol. The van der Waals surface area contributed by atoms with Gasteiger partial charge >= 0.3 is 0 Å². The van der Waals surface area contributed by atoms with Gasteiger partial charge in [0.2, 0.25) is 5.75 Å². The molecule has 0 unspecified atom stereocenters. The topological polar surface area (TPSA) is 80.9 Å². The highest BCUT2D eigenvalue weighted by atomic mass is 16.3. The lowest BCUT2D eigenvalue weighted by molar-refractivity contribution is 0.193. The van der Waals surface area contributed by atoms with Crippen molar-refractivity contribution in [2.45, 2.75) is 20.0 Å². The second-order valence-corrected chi connectivity index (χ2v) is 3.00. The van der Waals surface area contributed by atoms with Gasteiger partial charge in [-0.2, -0.15) is 0 Å². The Morgan fingerprint density at radius 2 is 1.62 bits per heavy atom. The zero-order chi connectivity index (χ0) is 10.2.